The van der Waals surface area contributed by atoms with Crippen LogP contribution in [-0.4, -0.2) is 22.1 Å². The smallest absolute Gasteiger partial charge is 0.162 e. The molecule has 0 amide bonds. The van der Waals surface area contributed by atoms with E-state index in [1.54, 1.807) is 0 Å². The number of aliphatic hydroxyl groups excluding tert-OH is 2. The number of fused-ring (bicyclic) bond motifs is 5. The molecular formula is C21H32O3. The molecule has 0 saturated heterocycles. The third-order valence-electron chi connectivity index (χ3n) is 9.07. The third-order valence-corrected chi connectivity index (χ3v) is 9.07. The summed E-state index contributed by atoms with van der Waals surface area (Å²) < 4.78 is 0. The molecule has 2 N–H and O–H groups in total. The normalized spacial score (nSPS) is 55.8. The molecule has 0 unspecified atom stereocenters. The molecule has 0 radical (unpaired) electrons. The van der Waals surface area contributed by atoms with Crippen LogP contribution in [0.25, 0.3) is 0 Å². The maximum Gasteiger partial charge on any atom is 0.162 e. The molecule has 3 heteroatoms. The predicted octanol–water partition coefficient (Wildman–Crippen LogP) is 4.26. The highest BCUT2D eigenvalue weighted by Crippen LogP contribution is 2.67. The zero-order valence-electron chi connectivity index (χ0n) is 15.3. The van der Waals surface area contributed by atoms with Gasteiger partial charge in [0.15, 0.2) is 5.78 Å². The highest BCUT2D eigenvalue weighted by Gasteiger charge is 2.62. The minimum atomic E-state index is -0.254. The van der Waals surface area contributed by atoms with Crippen LogP contribution >= 0.6 is 0 Å². The Bertz CT molecular complexity index is 582. The number of hydrogen-bond acceptors (Lipinski definition) is 3. The van der Waals surface area contributed by atoms with E-state index in [0.29, 0.717) is 41.6 Å². The van der Waals surface area contributed by atoms with Gasteiger partial charge in [-0.05, 0) is 78.9 Å². The number of hydrogen-bond donors (Lipinski definition) is 2. The molecule has 4 rings (SSSR count). The monoisotopic (exact) mass is 332 g/mol. The molecule has 4 aliphatic carbocycles. The summed E-state index contributed by atoms with van der Waals surface area (Å²) in [4.78, 5) is 12.3. The highest BCUT2D eigenvalue weighted by molar-refractivity contribution is 5.96. The molecule has 24 heavy (non-hydrogen) atoms. The number of rotatable bonds is 0. The lowest BCUT2D eigenvalue weighted by Gasteiger charge is -2.61. The van der Waals surface area contributed by atoms with Crippen LogP contribution in [0.2, 0.25) is 0 Å². The van der Waals surface area contributed by atoms with Crippen LogP contribution in [0.15, 0.2) is 11.8 Å². The fourth-order valence-electron chi connectivity index (χ4n) is 7.36. The first-order valence-corrected chi connectivity index (χ1v) is 9.85. The zero-order chi connectivity index (χ0) is 17.3. The van der Waals surface area contributed by atoms with Gasteiger partial charge in [0.2, 0.25) is 0 Å². The van der Waals surface area contributed by atoms with Gasteiger partial charge in [0.1, 0.15) is 0 Å². The summed E-state index contributed by atoms with van der Waals surface area (Å²) in [5.74, 6) is 2.59. The lowest BCUT2D eigenvalue weighted by Crippen LogP contribution is -2.58. The first-order valence-electron chi connectivity index (χ1n) is 9.85. The van der Waals surface area contributed by atoms with E-state index in [-0.39, 0.29) is 23.2 Å². The number of carbonyl (C=O) groups excluding carboxylic acids is 1. The summed E-state index contributed by atoms with van der Waals surface area (Å²) in [6.45, 7) is 7.18. The van der Waals surface area contributed by atoms with Crippen molar-refractivity contribution in [2.45, 2.75) is 71.8 Å². The van der Waals surface area contributed by atoms with Crippen molar-refractivity contribution in [3.8, 4) is 0 Å². The quantitative estimate of drug-likeness (QED) is 0.515. The lowest BCUT2D eigenvalue weighted by molar-refractivity contribution is -0.161. The van der Waals surface area contributed by atoms with Crippen molar-refractivity contribution in [1.82, 2.24) is 0 Å². The Kier molecular flexibility index (Phi) is 3.69. The molecule has 4 aliphatic rings. The van der Waals surface area contributed by atoms with E-state index in [2.05, 4.69) is 20.8 Å². The predicted molar refractivity (Wildman–Crippen MR) is 93.4 cm³/mol. The summed E-state index contributed by atoms with van der Waals surface area (Å²) in [7, 11) is 0. The van der Waals surface area contributed by atoms with E-state index < -0.39 is 0 Å². The van der Waals surface area contributed by atoms with Crippen LogP contribution in [0.5, 0.6) is 0 Å². The number of aliphatic hydroxyl groups is 2. The number of Topliss-reactive ketones (excluding diaryl/α,β-unsaturated/α-hetero) is 1. The molecular weight excluding hydrogens is 300 g/mol. The number of ketones is 1. The second-order valence-electron chi connectivity index (χ2n) is 9.78. The maximum atomic E-state index is 12.3. The molecule has 0 bridgehead atoms. The van der Waals surface area contributed by atoms with Crippen LogP contribution in [-0.2, 0) is 4.79 Å². The van der Waals surface area contributed by atoms with Gasteiger partial charge in [-0.3, -0.25) is 4.79 Å². The van der Waals surface area contributed by atoms with Crippen molar-refractivity contribution in [1.29, 1.82) is 0 Å². The second-order valence-corrected chi connectivity index (χ2v) is 9.78. The van der Waals surface area contributed by atoms with E-state index in [9.17, 15) is 15.0 Å². The Morgan fingerprint density at radius 2 is 1.83 bits per heavy atom. The fraction of sp³-hybridized carbons (Fsp3) is 0.857. The molecule has 0 aromatic heterocycles. The van der Waals surface area contributed by atoms with Crippen LogP contribution in [0, 0.1) is 40.4 Å². The van der Waals surface area contributed by atoms with Crippen molar-refractivity contribution in [3.63, 3.8) is 0 Å². The molecule has 0 spiro atoms. The van der Waals surface area contributed by atoms with Crippen LogP contribution in [0.1, 0.15) is 65.7 Å². The third kappa shape index (κ3) is 2.03. The lowest BCUT2D eigenvalue weighted by atomic mass is 9.44. The zero-order valence-corrected chi connectivity index (χ0v) is 15.3. The van der Waals surface area contributed by atoms with Gasteiger partial charge in [0.05, 0.1) is 12.4 Å². The summed E-state index contributed by atoms with van der Waals surface area (Å²) in [6, 6.07) is 0. The summed E-state index contributed by atoms with van der Waals surface area (Å²) in [6.07, 6.45) is 7.71. The second kappa shape index (κ2) is 5.33. The summed E-state index contributed by atoms with van der Waals surface area (Å²) in [5.41, 5.74) is 1.04. The van der Waals surface area contributed by atoms with Gasteiger partial charge in [-0.15, -0.1) is 0 Å². The Hall–Kier alpha value is -0.830. The fourth-order valence-corrected chi connectivity index (χ4v) is 7.36. The minimum absolute atomic E-state index is 0.0551. The SMILES string of the molecule is C[C@@H]1CC[C@H]2[C@@H]3[C@@H](O)C[C@H]4CC(=O)/C(=C\O)C[C@]4(C)[C@H]3CC[C@]12C. The van der Waals surface area contributed by atoms with Gasteiger partial charge in [-0.25, -0.2) is 0 Å². The molecule has 0 aromatic rings. The van der Waals surface area contributed by atoms with Gasteiger partial charge >= 0.3 is 0 Å². The van der Waals surface area contributed by atoms with Crippen molar-refractivity contribution >= 4 is 5.78 Å². The molecule has 4 saturated carbocycles. The van der Waals surface area contributed by atoms with Crippen molar-refractivity contribution < 1.29 is 15.0 Å². The highest BCUT2D eigenvalue weighted by atomic mass is 16.3. The average Bonchev–Trinajstić information content (AvgIpc) is 2.84. The van der Waals surface area contributed by atoms with E-state index in [0.717, 1.165) is 18.6 Å². The van der Waals surface area contributed by atoms with E-state index in [1.165, 1.54) is 25.7 Å². The molecule has 8 atom stereocenters. The first-order chi connectivity index (χ1) is 11.3. The van der Waals surface area contributed by atoms with E-state index in [4.69, 9.17) is 0 Å². The maximum absolute atomic E-state index is 12.3. The van der Waals surface area contributed by atoms with Gasteiger partial charge < -0.3 is 10.2 Å². The van der Waals surface area contributed by atoms with Crippen molar-refractivity contribution in [2.24, 2.45) is 40.4 Å². The van der Waals surface area contributed by atoms with E-state index >= 15 is 0 Å². The van der Waals surface area contributed by atoms with Crippen molar-refractivity contribution in [3.05, 3.63) is 11.8 Å². The van der Waals surface area contributed by atoms with Crippen molar-refractivity contribution in [2.75, 3.05) is 0 Å². The van der Waals surface area contributed by atoms with Crippen LogP contribution < -0.4 is 0 Å². The molecule has 0 aliphatic heterocycles. The van der Waals surface area contributed by atoms with Crippen LogP contribution in [0.4, 0.5) is 0 Å². The topological polar surface area (TPSA) is 57.5 Å². The van der Waals surface area contributed by atoms with E-state index in [1.807, 2.05) is 0 Å². The van der Waals surface area contributed by atoms with Crippen LogP contribution in [0.3, 0.4) is 0 Å². The molecule has 3 nitrogen and oxygen atoms in total. The van der Waals surface area contributed by atoms with Gasteiger partial charge in [0, 0.05) is 12.0 Å². The Labute approximate surface area is 145 Å². The Balaban J connectivity index is 1.71. The van der Waals surface area contributed by atoms with Gasteiger partial charge in [-0.2, -0.15) is 0 Å². The molecule has 0 aromatic carbocycles. The molecule has 0 heterocycles. The number of allylic oxidation sites excluding steroid dienone is 1. The summed E-state index contributed by atoms with van der Waals surface area (Å²) >= 11 is 0. The Morgan fingerprint density at radius 3 is 2.54 bits per heavy atom. The minimum Gasteiger partial charge on any atom is -0.515 e. The largest absolute Gasteiger partial charge is 0.515 e. The average molecular weight is 332 g/mol. The molecule has 134 valence electrons. The Morgan fingerprint density at radius 1 is 1.12 bits per heavy atom. The number of carbonyl (C=O) groups is 1. The summed E-state index contributed by atoms with van der Waals surface area (Å²) in [5, 5.41) is 20.5. The standard InChI is InChI=1S/C21H32O3/c1-12-4-5-15-19-16(6-7-20(12,15)2)21(3)10-13(11-22)17(23)8-14(21)9-18(19)24/h11-12,14-16,18-19,22,24H,4-10H2,1-3H3/b13-11-/t12-,14-,15+,16+,18+,19+,20-,21+/m1/s1. The van der Waals surface area contributed by atoms with Gasteiger partial charge in [0.25, 0.3) is 0 Å². The van der Waals surface area contributed by atoms with Gasteiger partial charge in [-0.1, -0.05) is 20.8 Å². The first kappa shape index (κ1) is 16.6. The molecule has 4 fully saturated rings.